The zero-order valence-corrected chi connectivity index (χ0v) is 13.1. The normalized spacial score (nSPS) is 10.6. The van der Waals surface area contributed by atoms with Gasteiger partial charge in [-0.25, -0.2) is 4.39 Å². The largest absolute Gasteiger partial charge is 0.421 e. The van der Waals surface area contributed by atoms with Crippen LogP contribution in [0.25, 0.3) is 11.5 Å². The Morgan fingerprint density at radius 1 is 1.08 bits per heavy atom. The van der Waals surface area contributed by atoms with Crippen LogP contribution in [0.1, 0.15) is 12.3 Å². The van der Waals surface area contributed by atoms with Crippen molar-refractivity contribution in [2.24, 2.45) is 0 Å². The minimum atomic E-state index is -0.326. The van der Waals surface area contributed by atoms with Gasteiger partial charge in [0.2, 0.25) is 17.7 Å². The lowest BCUT2D eigenvalue weighted by Crippen LogP contribution is -2.26. The summed E-state index contributed by atoms with van der Waals surface area (Å²) in [6.45, 7) is 0. The number of amides is 1. The zero-order valence-electron chi connectivity index (χ0n) is 13.1. The topological polar surface area (TPSA) is 59.2 Å². The molecule has 0 radical (unpaired) electrons. The molecule has 0 aliphatic carbocycles. The molecular weight excluding hydrogens is 309 g/mol. The predicted molar refractivity (Wildman–Crippen MR) is 87.9 cm³/mol. The molecule has 5 nitrogen and oxygen atoms in total. The molecule has 0 saturated heterocycles. The van der Waals surface area contributed by atoms with E-state index in [9.17, 15) is 9.18 Å². The molecule has 0 unspecified atom stereocenters. The van der Waals surface area contributed by atoms with E-state index < -0.39 is 0 Å². The molecule has 0 aliphatic heterocycles. The SMILES string of the molecule is CN(C(=O)CCc1nnc(-c2ccc(F)cc2)o1)c1ccccc1. The van der Waals surface area contributed by atoms with Crippen LogP contribution in [-0.2, 0) is 11.2 Å². The second kappa shape index (κ2) is 7.04. The van der Waals surface area contributed by atoms with Gasteiger partial charge >= 0.3 is 0 Å². The first-order valence-corrected chi connectivity index (χ1v) is 7.53. The molecule has 3 rings (SSSR count). The molecule has 3 aromatic rings. The highest BCUT2D eigenvalue weighted by atomic mass is 19.1. The average Bonchev–Trinajstić information content (AvgIpc) is 3.09. The van der Waals surface area contributed by atoms with Crippen molar-refractivity contribution in [2.45, 2.75) is 12.8 Å². The van der Waals surface area contributed by atoms with Gasteiger partial charge in [-0.15, -0.1) is 10.2 Å². The molecule has 6 heteroatoms. The van der Waals surface area contributed by atoms with Crippen LogP contribution >= 0.6 is 0 Å². The molecule has 0 fully saturated rings. The molecule has 1 aromatic heterocycles. The summed E-state index contributed by atoms with van der Waals surface area (Å²) in [6, 6.07) is 15.2. The van der Waals surface area contributed by atoms with Crippen LogP contribution in [0.15, 0.2) is 59.0 Å². The van der Waals surface area contributed by atoms with Gasteiger partial charge in [-0.05, 0) is 36.4 Å². The molecule has 0 saturated carbocycles. The molecule has 0 spiro atoms. The second-order valence-electron chi connectivity index (χ2n) is 5.30. The standard InChI is InChI=1S/C18H16FN3O2/c1-22(15-5-3-2-4-6-15)17(23)12-11-16-20-21-18(24-16)13-7-9-14(19)10-8-13/h2-10H,11-12H2,1H3. The van der Waals surface area contributed by atoms with Crippen molar-refractivity contribution in [3.05, 3.63) is 66.3 Å². The summed E-state index contributed by atoms with van der Waals surface area (Å²) in [4.78, 5) is 13.8. The number of aryl methyl sites for hydroxylation is 1. The summed E-state index contributed by atoms with van der Waals surface area (Å²) < 4.78 is 18.5. The van der Waals surface area contributed by atoms with E-state index >= 15 is 0 Å². The van der Waals surface area contributed by atoms with Gasteiger partial charge in [0.25, 0.3) is 0 Å². The third kappa shape index (κ3) is 3.65. The summed E-state index contributed by atoms with van der Waals surface area (Å²) >= 11 is 0. The quantitative estimate of drug-likeness (QED) is 0.721. The fourth-order valence-electron chi connectivity index (χ4n) is 2.24. The molecule has 1 amide bonds. The van der Waals surface area contributed by atoms with Crippen LogP contribution in [0.2, 0.25) is 0 Å². The van der Waals surface area contributed by atoms with E-state index in [-0.39, 0.29) is 18.1 Å². The number of anilines is 1. The van der Waals surface area contributed by atoms with E-state index in [0.29, 0.717) is 23.8 Å². The van der Waals surface area contributed by atoms with Crippen molar-refractivity contribution >= 4 is 11.6 Å². The van der Waals surface area contributed by atoms with E-state index in [4.69, 9.17) is 4.42 Å². The summed E-state index contributed by atoms with van der Waals surface area (Å²) in [5, 5.41) is 7.87. The molecule has 122 valence electrons. The van der Waals surface area contributed by atoms with Crippen molar-refractivity contribution in [2.75, 3.05) is 11.9 Å². The number of aromatic nitrogens is 2. The van der Waals surface area contributed by atoms with Gasteiger partial charge in [-0.3, -0.25) is 4.79 Å². The van der Waals surface area contributed by atoms with Crippen molar-refractivity contribution < 1.29 is 13.6 Å². The first-order chi connectivity index (χ1) is 11.6. The maximum Gasteiger partial charge on any atom is 0.247 e. The Balaban J connectivity index is 1.61. The lowest BCUT2D eigenvalue weighted by Gasteiger charge is -2.16. The Labute approximate surface area is 138 Å². The minimum Gasteiger partial charge on any atom is -0.421 e. The summed E-state index contributed by atoms with van der Waals surface area (Å²) in [6.07, 6.45) is 0.612. The highest BCUT2D eigenvalue weighted by Gasteiger charge is 2.14. The maximum atomic E-state index is 12.9. The van der Waals surface area contributed by atoms with Gasteiger partial charge in [-0.2, -0.15) is 0 Å². The minimum absolute atomic E-state index is 0.0391. The Bertz CT molecular complexity index is 816. The molecule has 0 atom stereocenters. The Hall–Kier alpha value is -3.02. The number of para-hydroxylation sites is 1. The number of carbonyl (C=O) groups is 1. The summed E-state index contributed by atoms with van der Waals surface area (Å²) in [7, 11) is 1.73. The molecule has 1 heterocycles. The van der Waals surface area contributed by atoms with Gasteiger partial charge in [0.05, 0.1) is 0 Å². The molecule has 0 N–H and O–H groups in total. The van der Waals surface area contributed by atoms with Crippen LogP contribution < -0.4 is 4.90 Å². The number of rotatable bonds is 5. The fourth-order valence-corrected chi connectivity index (χ4v) is 2.24. The van der Waals surface area contributed by atoms with Crippen molar-refractivity contribution in [3.63, 3.8) is 0 Å². The number of nitrogens with zero attached hydrogens (tertiary/aromatic N) is 3. The lowest BCUT2D eigenvalue weighted by molar-refractivity contribution is -0.118. The fraction of sp³-hybridized carbons (Fsp3) is 0.167. The first-order valence-electron chi connectivity index (χ1n) is 7.53. The van der Waals surface area contributed by atoms with E-state index in [1.54, 1.807) is 24.1 Å². The number of hydrogen-bond acceptors (Lipinski definition) is 4. The number of carbonyl (C=O) groups excluding carboxylic acids is 1. The van der Waals surface area contributed by atoms with E-state index in [1.807, 2.05) is 30.3 Å². The number of hydrogen-bond donors (Lipinski definition) is 0. The van der Waals surface area contributed by atoms with Crippen LogP contribution in [0, 0.1) is 5.82 Å². The maximum absolute atomic E-state index is 12.9. The van der Waals surface area contributed by atoms with Gasteiger partial charge in [-0.1, -0.05) is 18.2 Å². The predicted octanol–water partition coefficient (Wildman–Crippen LogP) is 3.47. The number of benzene rings is 2. The molecule has 24 heavy (non-hydrogen) atoms. The second-order valence-corrected chi connectivity index (χ2v) is 5.30. The van der Waals surface area contributed by atoms with Gasteiger partial charge in [0, 0.05) is 31.1 Å². The number of halogens is 1. The third-order valence-corrected chi connectivity index (χ3v) is 3.63. The Kier molecular flexibility index (Phi) is 4.65. The van der Waals surface area contributed by atoms with E-state index in [1.165, 1.54) is 12.1 Å². The van der Waals surface area contributed by atoms with Crippen LogP contribution in [0.5, 0.6) is 0 Å². The molecule has 0 aliphatic rings. The lowest BCUT2D eigenvalue weighted by atomic mass is 10.2. The Morgan fingerprint density at radius 2 is 1.79 bits per heavy atom. The van der Waals surface area contributed by atoms with Crippen LogP contribution in [-0.4, -0.2) is 23.2 Å². The highest BCUT2D eigenvalue weighted by Crippen LogP contribution is 2.19. The Morgan fingerprint density at radius 3 is 2.50 bits per heavy atom. The first kappa shape index (κ1) is 15.9. The van der Waals surface area contributed by atoms with Gasteiger partial charge < -0.3 is 9.32 Å². The van der Waals surface area contributed by atoms with Crippen molar-refractivity contribution in [1.82, 2.24) is 10.2 Å². The van der Waals surface area contributed by atoms with E-state index in [0.717, 1.165) is 5.69 Å². The van der Waals surface area contributed by atoms with Gasteiger partial charge in [0.15, 0.2) is 0 Å². The van der Waals surface area contributed by atoms with E-state index in [2.05, 4.69) is 10.2 Å². The summed E-state index contributed by atoms with van der Waals surface area (Å²) in [5.74, 6) is 0.328. The van der Waals surface area contributed by atoms with Crippen LogP contribution in [0.4, 0.5) is 10.1 Å². The highest BCUT2D eigenvalue weighted by molar-refractivity contribution is 5.92. The van der Waals surface area contributed by atoms with Crippen LogP contribution in [0.3, 0.4) is 0 Å². The van der Waals surface area contributed by atoms with Crippen molar-refractivity contribution in [3.8, 4) is 11.5 Å². The molecule has 0 bridgehead atoms. The smallest absolute Gasteiger partial charge is 0.247 e. The monoisotopic (exact) mass is 325 g/mol. The average molecular weight is 325 g/mol. The van der Waals surface area contributed by atoms with Crippen molar-refractivity contribution in [1.29, 1.82) is 0 Å². The molecular formula is C18H16FN3O2. The summed E-state index contributed by atoms with van der Waals surface area (Å²) in [5.41, 5.74) is 1.47. The zero-order chi connectivity index (χ0) is 16.9. The van der Waals surface area contributed by atoms with Gasteiger partial charge in [0.1, 0.15) is 5.82 Å². The third-order valence-electron chi connectivity index (χ3n) is 3.63. The molecule has 2 aromatic carbocycles.